The molecular formula is C24H30ClF3N2O3. The summed E-state index contributed by atoms with van der Waals surface area (Å²) >= 11 is 6.21. The smallest absolute Gasteiger partial charge is 0.490 e. The molecule has 0 aromatic heterocycles. The van der Waals surface area contributed by atoms with Crippen LogP contribution in [-0.4, -0.2) is 55.4 Å². The Hall–Kier alpha value is -2.29. The fourth-order valence-corrected chi connectivity index (χ4v) is 3.80. The van der Waals surface area contributed by atoms with Crippen molar-refractivity contribution in [1.82, 2.24) is 10.2 Å². The number of carboxylic acids is 1. The topological polar surface area (TPSA) is 61.8 Å². The number of methoxy groups -OCH3 is 1. The zero-order valence-corrected chi connectivity index (χ0v) is 19.3. The Balaban J connectivity index is 0.000000479. The molecule has 0 bridgehead atoms. The highest BCUT2D eigenvalue weighted by molar-refractivity contribution is 6.31. The zero-order valence-electron chi connectivity index (χ0n) is 18.6. The van der Waals surface area contributed by atoms with Crippen LogP contribution in [0.5, 0.6) is 5.75 Å². The van der Waals surface area contributed by atoms with Crippen molar-refractivity contribution in [2.75, 3.05) is 33.3 Å². The minimum atomic E-state index is -5.08. The number of nitrogens with one attached hydrogen (secondary N) is 1. The van der Waals surface area contributed by atoms with E-state index in [2.05, 4.69) is 34.5 Å². The van der Waals surface area contributed by atoms with Crippen LogP contribution in [-0.2, 0) is 17.8 Å². The summed E-state index contributed by atoms with van der Waals surface area (Å²) in [6.07, 6.45) is -1.54. The number of piperidine rings is 1. The Morgan fingerprint density at radius 3 is 2.30 bits per heavy atom. The van der Waals surface area contributed by atoms with Gasteiger partial charge in [0.05, 0.1) is 7.11 Å². The largest absolute Gasteiger partial charge is 0.497 e. The third-order valence-electron chi connectivity index (χ3n) is 5.48. The summed E-state index contributed by atoms with van der Waals surface area (Å²) < 4.78 is 37.0. The second-order valence-corrected chi connectivity index (χ2v) is 8.32. The van der Waals surface area contributed by atoms with Crippen molar-refractivity contribution in [3.05, 3.63) is 64.7 Å². The van der Waals surface area contributed by atoms with Crippen LogP contribution in [0.15, 0.2) is 48.5 Å². The van der Waals surface area contributed by atoms with E-state index in [4.69, 9.17) is 26.2 Å². The van der Waals surface area contributed by atoms with Gasteiger partial charge in [0, 0.05) is 11.6 Å². The zero-order chi connectivity index (χ0) is 24.3. The van der Waals surface area contributed by atoms with E-state index in [9.17, 15) is 13.2 Å². The van der Waals surface area contributed by atoms with Crippen molar-refractivity contribution < 1.29 is 27.8 Å². The van der Waals surface area contributed by atoms with E-state index in [1.54, 1.807) is 7.11 Å². The van der Waals surface area contributed by atoms with Crippen LogP contribution in [0.4, 0.5) is 13.2 Å². The summed E-state index contributed by atoms with van der Waals surface area (Å²) in [4.78, 5) is 11.5. The second kappa shape index (κ2) is 13.4. The third-order valence-corrected chi connectivity index (χ3v) is 5.85. The molecule has 0 saturated carbocycles. The average Bonchev–Trinajstić information content (AvgIpc) is 2.79. The molecule has 1 heterocycles. The van der Waals surface area contributed by atoms with Gasteiger partial charge in [-0.15, -0.1) is 0 Å². The number of carbonyl (C=O) groups is 1. The molecule has 0 atom stereocenters. The predicted octanol–water partition coefficient (Wildman–Crippen LogP) is 5.03. The average molecular weight is 487 g/mol. The molecule has 5 nitrogen and oxygen atoms in total. The number of carboxylic acid groups (broad SMARTS) is 1. The standard InChI is InChI=1S/C22H29ClN2O.C2HF3O2/c1-26-21-8-6-19(7-9-21)17-25-14-11-18(12-15-25)16-24-13-10-20-4-2-3-5-22(20)23;3-2(4,5)1(6)7/h2-9,18,24H,10-17H2,1H3;(H,6,7). The van der Waals surface area contributed by atoms with Gasteiger partial charge in [0.25, 0.3) is 0 Å². The van der Waals surface area contributed by atoms with E-state index >= 15 is 0 Å². The van der Waals surface area contributed by atoms with Gasteiger partial charge in [0.2, 0.25) is 0 Å². The Morgan fingerprint density at radius 2 is 1.76 bits per heavy atom. The lowest BCUT2D eigenvalue weighted by Gasteiger charge is -2.32. The van der Waals surface area contributed by atoms with E-state index in [0.717, 1.165) is 42.7 Å². The molecule has 182 valence electrons. The third kappa shape index (κ3) is 10.0. The number of rotatable bonds is 8. The van der Waals surface area contributed by atoms with Gasteiger partial charge < -0.3 is 15.2 Å². The molecular weight excluding hydrogens is 457 g/mol. The minimum Gasteiger partial charge on any atom is -0.497 e. The lowest BCUT2D eigenvalue weighted by atomic mass is 9.96. The molecule has 2 aromatic rings. The Labute approximate surface area is 197 Å². The molecule has 2 N–H and O–H groups in total. The normalized spacial score (nSPS) is 14.9. The molecule has 33 heavy (non-hydrogen) atoms. The predicted molar refractivity (Wildman–Crippen MR) is 123 cm³/mol. The van der Waals surface area contributed by atoms with Gasteiger partial charge in [0.15, 0.2) is 0 Å². The number of halogens is 4. The van der Waals surface area contributed by atoms with Crippen LogP contribution in [0.3, 0.4) is 0 Å². The van der Waals surface area contributed by atoms with Crippen LogP contribution < -0.4 is 10.1 Å². The minimum absolute atomic E-state index is 0.786. The molecule has 2 aromatic carbocycles. The number of alkyl halides is 3. The summed E-state index contributed by atoms with van der Waals surface area (Å²) in [5.74, 6) is -1.05. The molecule has 9 heteroatoms. The summed E-state index contributed by atoms with van der Waals surface area (Å²) in [7, 11) is 1.71. The maximum absolute atomic E-state index is 10.6. The van der Waals surface area contributed by atoms with E-state index in [1.807, 2.05) is 24.3 Å². The number of aliphatic carboxylic acids is 1. The summed E-state index contributed by atoms with van der Waals surface area (Å²) in [5.41, 5.74) is 2.60. The van der Waals surface area contributed by atoms with Crippen molar-refractivity contribution in [2.45, 2.75) is 32.0 Å². The van der Waals surface area contributed by atoms with E-state index in [-0.39, 0.29) is 0 Å². The molecule has 1 aliphatic rings. The number of ether oxygens (including phenoxy) is 1. The number of benzene rings is 2. The van der Waals surface area contributed by atoms with Gasteiger partial charge in [-0.05, 0) is 80.7 Å². The highest BCUT2D eigenvalue weighted by atomic mass is 35.5. The molecule has 1 fully saturated rings. The summed E-state index contributed by atoms with van der Waals surface area (Å²) in [6, 6.07) is 16.5. The van der Waals surface area contributed by atoms with Gasteiger partial charge >= 0.3 is 12.1 Å². The SMILES string of the molecule is COc1ccc(CN2CCC(CNCCc3ccccc3Cl)CC2)cc1.O=C(O)C(F)(F)F. The van der Waals surface area contributed by atoms with Crippen LogP contribution in [0, 0.1) is 5.92 Å². The van der Waals surface area contributed by atoms with Crippen molar-refractivity contribution in [3.63, 3.8) is 0 Å². The number of nitrogens with zero attached hydrogens (tertiary/aromatic N) is 1. The maximum Gasteiger partial charge on any atom is 0.490 e. The van der Waals surface area contributed by atoms with Crippen LogP contribution in [0.1, 0.15) is 24.0 Å². The second-order valence-electron chi connectivity index (χ2n) is 7.92. The van der Waals surface area contributed by atoms with Crippen LogP contribution >= 0.6 is 11.6 Å². The van der Waals surface area contributed by atoms with Gasteiger partial charge in [-0.1, -0.05) is 41.9 Å². The first kappa shape index (κ1) is 27.0. The fourth-order valence-electron chi connectivity index (χ4n) is 3.57. The van der Waals surface area contributed by atoms with Gasteiger partial charge in [-0.3, -0.25) is 4.90 Å². The number of hydrogen-bond acceptors (Lipinski definition) is 4. The van der Waals surface area contributed by atoms with Gasteiger partial charge in [0.1, 0.15) is 5.75 Å². The van der Waals surface area contributed by atoms with Crippen molar-refractivity contribution in [2.24, 2.45) is 5.92 Å². The molecule has 1 aliphatic heterocycles. The Bertz CT molecular complexity index is 855. The summed E-state index contributed by atoms with van der Waals surface area (Å²) in [6.45, 7) is 5.51. The first-order valence-corrected chi connectivity index (χ1v) is 11.2. The Kier molecular flexibility index (Phi) is 11.0. The first-order chi connectivity index (χ1) is 15.7. The molecule has 3 rings (SSSR count). The fraction of sp³-hybridized carbons (Fsp3) is 0.458. The lowest BCUT2D eigenvalue weighted by molar-refractivity contribution is -0.192. The lowest BCUT2D eigenvalue weighted by Crippen LogP contribution is -2.37. The van der Waals surface area contributed by atoms with Gasteiger partial charge in [-0.25, -0.2) is 4.79 Å². The quantitative estimate of drug-likeness (QED) is 0.513. The van der Waals surface area contributed by atoms with Crippen LogP contribution in [0.25, 0.3) is 0 Å². The van der Waals surface area contributed by atoms with Crippen molar-refractivity contribution >= 4 is 17.6 Å². The number of likely N-dealkylation sites (tertiary alicyclic amines) is 1. The monoisotopic (exact) mass is 486 g/mol. The highest BCUT2D eigenvalue weighted by Gasteiger charge is 2.38. The molecule has 0 radical (unpaired) electrons. The molecule has 0 aliphatic carbocycles. The first-order valence-electron chi connectivity index (χ1n) is 10.8. The number of hydrogen-bond donors (Lipinski definition) is 2. The van der Waals surface area contributed by atoms with Gasteiger partial charge in [-0.2, -0.15) is 13.2 Å². The van der Waals surface area contributed by atoms with E-state index in [0.29, 0.717) is 0 Å². The summed E-state index contributed by atoms with van der Waals surface area (Å²) in [5, 5.41) is 11.6. The molecule has 0 unspecified atom stereocenters. The van der Waals surface area contributed by atoms with E-state index in [1.165, 1.54) is 37.1 Å². The maximum atomic E-state index is 10.6. The van der Waals surface area contributed by atoms with Crippen molar-refractivity contribution in [3.8, 4) is 5.75 Å². The Morgan fingerprint density at radius 1 is 1.15 bits per heavy atom. The molecule has 1 saturated heterocycles. The van der Waals surface area contributed by atoms with Crippen LogP contribution in [0.2, 0.25) is 5.02 Å². The molecule has 0 spiro atoms. The highest BCUT2D eigenvalue weighted by Crippen LogP contribution is 2.20. The molecule has 0 amide bonds. The van der Waals surface area contributed by atoms with Crippen molar-refractivity contribution in [1.29, 1.82) is 0 Å². The van der Waals surface area contributed by atoms with E-state index < -0.39 is 12.1 Å².